The summed E-state index contributed by atoms with van der Waals surface area (Å²) in [5, 5.41) is 0. The summed E-state index contributed by atoms with van der Waals surface area (Å²) in [6.45, 7) is 2.48. The van der Waals surface area contributed by atoms with Gasteiger partial charge in [0.2, 0.25) is 0 Å². The van der Waals surface area contributed by atoms with Gasteiger partial charge in [0.1, 0.15) is 0 Å². The summed E-state index contributed by atoms with van der Waals surface area (Å²) < 4.78 is 7.40. The number of hydrogen-bond donors (Lipinski definition) is 0. The number of rotatable bonds is 2. The molecule has 4 rings (SSSR count). The molecule has 0 aromatic carbocycles. The third-order valence-electron chi connectivity index (χ3n) is 4.03. The Morgan fingerprint density at radius 3 is 2.47 bits per heavy atom. The van der Waals surface area contributed by atoms with Gasteiger partial charge < -0.3 is 0 Å². The van der Waals surface area contributed by atoms with Crippen molar-refractivity contribution in [2.45, 2.75) is 27.7 Å². The van der Waals surface area contributed by atoms with E-state index in [0.717, 1.165) is 5.92 Å². The first-order valence-corrected chi connectivity index (χ1v) is 16.6. The Kier molecular flexibility index (Phi) is 2.80. The Balaban J connectivity index is 2.03. The summed E-state index contributed by atoms with van der Waals surface area (Å²) in [5.41, 5.74) is 1.48. The normalized spacial score (nSPS) is 20.9. The van der Waals surface area contributed by atoms with Gasteiger partial charge in [0.15, 0.2) is 0 Å². The molecule has 2 nitrogen and oxygen atoms in total. The first kappa shape index (κ1) is 11.7. The molecule has 0 radical (unpaired) electrons. The summed E-state index contributed by atoms with van der Waals surface area (Å²) in [4.78, 5) is 9.85. The molecule has 2 bridgehead atoms. The summed E-state index contributed by atoms with van der Waals surface area (Å²) in [6, 6.07) is 2.23. The van der Waals surface area contributed by atoms with Crippen LogP contribution in [0.25, 0.3) is 5.57 Å². The van der Waals surface area contributed by atoms with Gasteiger partial charge in [-0.25, -0.2) is 0 Å². The fourth-order valence-corrected chi connectivity index (χ4v) is 7.15. The maximum atomic E-state index is 5.84. The molecule has 0 aliphatic carbocycles. The molecule has 1 aromatic rings. The Bertz CT molecular complexity index is 447. The summed E-state index contributed by atoms with van der Waals surface area (Å²) >= 11 is -2.03. The Morgan fingerprint density at radius 1 is 1.24 bits per heavy atom. The first-order chi connectivity index (χ1) is 8.05. The number of piperidine rings is 1. The van der Waals surface area contributed by atoms with Crippen LogP contribution < -0.4 is 3.58 Å². The second kappa shape index (κ2) is 4.08. The molecule has 3 aliphatic heterocycles. The molecule has 0 saturated carbocycles. The van der Waals surface area contributed by atoms with E-state index in [1.165, 1.54) is 37.3 Å². The molecule has 3 aliphatic rings. The Hall–Kier alpha value is -0.381. The number of hydrogen-bond acceptors (Lipinski definition) is 2. The molecular weight excluding hydrogens is 317 g/mol. The number of furan rings is 1. The van der Waals surface area contributed by atoms with Crippen LogP contribution in [0.5, 0.6) is 0 Å². The molecule has 1 saturated heterocycles. The van der Waals surface area contributed by atoms with Crippen molar-refractivity contribution in [2.24, 2.45) is 5.92 Å². The zero-order valence-electron chi connectivity index (χ0n) is 11.0. The van der Waals surface area contributed by atoms with E-state index in [4.69, 9.17) is 4.42 Å². The fraction of sp³-hybridized carbons (Fsp3) is 0.571. The summed E-state index contributed by atoms with van der Waals surface area (Å²) in [6.07, 6.45) is 6.88. The van der Waals surface area contributed by atoms with E-state index in [-0.39, 0.29) is 0 Å². The quantitative estimate of drug-likeness (QED) is 0.771. The van der Waals surface area contributed by atoms with Crippen LogP contribution in [0.3, 0.4) is 0 Å². The molecule has 4 heterocycles. The van der Waals surface area contributed by atoms with Gasteiger partial charge in [-0.05, 0) is 0 Å². The van der Waals surface area contributed by atoms with Crippen LogP contribution in [-0.2, 0) is 0 Å². The predicted molar refractivity (Wildman–Crippen MR) is 74.0 cm³/mol. The van der Waals surface area contributed by atoms with Crippen molar-refractivity contribution in [3.8, 4) is 0 Å². The second-order valence-electron chi connectivity index (χ2n) is 6.31. The third-order valence-corrected chi connectivity index (χ3v) is 9.76. The summed E-state index contributed by atoms with van der Waals surface area (Å²) in [5.74, 6) is 1.97. The van der Waals surface area contributed by atoms with Crippen LogP contribution >= 0.6 is 0 Å². The van der Waals surface area contributed by atoms with Gasteiger partial charge in [0, 0.05) is 0 Å². The predicted octanol–water partition coefficient (Wildman–Crippen LogP) is 2.89. The van der Waals surface area contributed by atoms with Gasteiger partial charge >= 0.3 is 108 Å². The van der Waals surface area contributed by atoms with Crippen LogP contribution in [0, 0.1) is 5.92 Å². The standard InChI is InChI=1S/C11H12NO.3CH3.Sn/c1-2-11(13-7-1)10-8-12-5-3-9(10)4-6-12;;;;/h1,7-9H,3-6H2;3*1H3;. The van der Waals surface area contributed by atoms with E-state index in [1.807, 2.05) is 6.26 Å². The molecule has 92 valence electrons. The number of fused-ring (bicyclic) bond motifs is 2. The van der Waals surface area contributed by atoms with E-state index in [9.17, 15) is 0 Å². The van der Waals surface area contributed by atoms with Crippen molar-refractivity contribution < 1.29 is 4.42 Å². The Labute approximate surface area is 108 Å². The van der Waals surface area contributed by atoms with Crippen molar-refractivity contribution in [3.05, 3.63) is 24.3 Å². The molecule has 0 unspecified atom stereocenters. The van der Waals surface area contributed by atoms with Crippen LogP contribution in [-0.4, -0.2) is 36.4 Å². The molecule has 3 heteroatoms. The van der Waals surface area contributed by atoms with Gasteiger partial charge in [0.25, 0.3) is 0 Å². The van der Waals surface area contributed by atoms with E-state index in [2.05, 4.69) is 32.0 Å². The molecule has 0 amide bonds. The van der Waals surface area contributed by atoms with E-state index in [0.29, 0.717) is 0 Å². The SMILES string of the molecule is [CH3][Sn]([CH3])([CH3])[c]1ccoc1C1=CN2CCC1CC2. The molecule has 1 fully saturated rings. The first-order valence-electron chi connectivity index (χ1n) is 6.60. The zero-order valence-corrected chi connectivity index (χ0v) is 13.8. The van der Waals surface area contributed by atoms with Crippen molar-refractivity contribution in [3.63, 3.8) is 0 Å². The van der Waals surface area contributed by atoms with Crippen LogP contribution in [0.2, 0.25) is 14.8 Å². The average Bonchev–Trinajstić information content (AvgIpc) is 2.79. The van der Waals surface area contributed by atoms with E-state index >= 15 is 0 Å². The third kappa shape index (κ3) is 2.05. The van der Waals surface area contributed by atoms with Crippen molar-refractivity contribution in [1.29, 1.82) is 0 Å². The molecule has 0 atom stereocenters. The molecular formula is C14H21NOSn. The van der Waals surface area contributed by atoms with Gasteiger partial charge in [-0.3, -0.25) is 0 Å². The van der Waals surface area contributed by atoms with Gasteiger partial charge in [-0.1, -0.05) is 0 Å². The number of allylic oxidation sites excluding steroid dienone is 1. The minimum absolute atomic E-state index is 0.749. The van der Waals surface area contributed by atoms with Crippen molar-refractivity contribution >= 4 is 27.5 Å². The number of nitrogens with zero attached hydrogens (tertiary/aromatic N) is 1. The molecule has 17 heavy (non-hydrogen) atoms. The molecule has 0 spiro atoms. The van der Waals surface area contributed by atoms with Crippen LogP contribution in [0.4, 0.5) is 0 Å². The van der Waals surface area contributed by atoms with Crippen LogP contribution in [0.15, 0.2) is 22.9 Å². The van der Waals surface area contributed by atoms with Crippen molar-refractivity contribution in [1.82, 2.24) is 4.90 Å². The van der Waals surface area contributed by atoms with Gasteiger partial charge in [-0.15, -0.1) is 0 Å². The monoisotopic (exact) mass is 339 g/mol. The van der Waals surface area contributed by atoms with E-state index in [1.54, 1.807) is 3.58 Å². The van der Waals surface area contributed by atoms with Gasteiger partial charge in [0.05, 0.1) is 0 Å². The van der Waals surface area contributed by atoms with Crippen LogP contribution in [0.1, 0.15) is 18.6 Å². The topological polar surface area (TPSA) is 16.4 Å². The molecule has 1 aromatic heterocycles. The van der Waals surface area contributed by atoms with Crippen molar-refractivity contribution in [2.75, 3.05) is 13.1 Å². The maximum absolute atomic E-state index is 5.84. The molecule has 0 N–H and O–H groups in total. The summed E-state index contributed by atoms with van der Waals surface area (Å²) in [7, 11) is 0. The average molecular weight is 338 g/mol. The van der Waals surface area contributed by atoms with E-state index < -0.39 is 18.4 Å². The minimum atomic E-state index is -2.03. The fourth-order valence-electron chi connectivity index (χ4n) is 3.01. The van der Waals surface area contributed by atoms with Gasteiger partial charge in [-0.2, -0.15) is 0 Å². The zero-order chi connectivity index (χ0) is 12.0. The second-order valence-corrected chi connectivity index (χ2v) is 20.7. The Morgan fingerprint density at radius 2 is 1.94 bits per heavy atom.